The smallest absolute Gasteiger partial charge is 0.379 e. The van der Waals surface area contributed by atoms with Crippen LogP contribution in [0.25, 0.3) is 0 Å². The Morgan fingerprint density at radius 1 is 0.808 bits per heavy atom. The molecule has 156 valence electrons. The minimum Gasteiger partial charge on any atom is -0.379 e. The maximum atomic E-state index is 13.3. The van der Waals surface area contributed by atoms with Gasteiger partial charge in [-0.15, -0.1) is 0 Å². The SMILES string of the molecule is FC(F)(F)C(F)(F)C(F)(F)C(F)(F)CCCCCCOCC1CCCO1. The van der Waals surface area contributed by atoms with Crippen molar-refractivity contribution in [1.29, 1.82) is 0 Å². The molecule has 0 aromatic heterocycles. The number of halogens is 9. The summed E-state index contributed by atoms with van der Waals surface area (Å²) in [4.78, 5) is 0. The van der Waals surface area contributed by atoms with Crippen LogP contribution in [0.5, 0.6) is 0 Å². The number of alkyl halides is 9. The molecule has 0 aromatic carbocycles. The highest BCUT2D eigenvalue weighted by Crippen LogP contribution is 2.54. The summed E-state index contributed by atoms with van der Waals surface area (Å²) in [5, 5.41) is 0. The summed E-state index contributed by atoms with van der Waals surface area (Å²) in [5.41, 5.74) is 0. The second-order valence-corrected chi connectivity index (χ2v) is 6.23. The zero-order valence-corrected chi connectivity index (χ0v) is 13.9. The highest BCUT2D eigenvalue weighted by atomic mass is 19.4. The molecule has 26 heavy (non-hydrogen) atoms. The molecular formula is C15H21F9O2. The highest BCUT2D eigenvalue weighted by Gasteiger charge is 2.81. The Hall–Kier alpha value is -0.710. The van der Waals surface area contributed by atoms with E-state index in [9.17, 15) is 39.5 Å². The lowest BCUT2D eigenvalue weighted by Crippen LogP contribution is -2.60. The number of hydrogen-bond acceptors (Lipinski definition) is 2. The van der Waals surface area contributed by atoms with Crippen LogP contribution in [0.3, 0.4) is 0 Å². The van der Waals surface area contributed by atoms with E-state index in [-0.39, 0.29) is 12.5 Å². The Morgan fingerprint density at radius 2 is 1.42 bits per heavy atom. The maximum Gasteiger partial charge on any atom is 0.460 e. The molecule has 1 atom stereocenters. The third-order valence-electron chi connectivity index (χ3n) is 4.07. The van der Waals surface area contributed by atoms with Crippen LogP contribution in [0.4, 0.5) is 39.5 Å². The maximum absolute atomic E-state index is 13.3. The molecule has 11 heteroatoms. The number of unbranched alkanes of at least 4 members (excludes halogenated alkanes) is 3. The van der Waals surface area contributed by atoms with Gasteiger partial charge in [-0.1, -0.05) is 12.8 Å². The zero-order chi connectivity index (χ0) is 20.1. The van der Waals surface area contributed by atoms with Gasteiger partial charge >= 0.3 is 23.9 Å². The third-order valence-corrected chi connectivity index (χ3v) is 4.07. The standard InChI is InChI=1S/C15H21F9O2/c16-12(17,13(18,19)14(20,21)15(22,23)24)7-3-1-2-4-8-25-10-11-6-5-9-26-11/h11H,1-10H2. The van der Waals surface area contributed by atoms with Crippen LogP contribution in [-0.4, -0.2) is 49.9 Å². The van der Waals surface area contributed by atoms with Crippen molar-refractivity contribution in [1.82, 2.24) is 0 Å². The number of hydrogen-bond donors (Lipinski definition) is 0. The number of ether oxygens (including phenoxy) is 2. The predicted molar refractivity (Wildman–Crippen MR) is 73.8 cm³/mol. The molecule has 1 unspecified atom stereocenters. The van der Waals surface area contributed by atoms with Gasteiger partial charge in [0.25, 0.3) is 0 Å². The Labute approximate surface area is 145 Å². The Bertz CT molecular complexity index is 418. The molecule has 1 aliphatic rings. The van der Waals surface area contributed by atoms with E-state index in [4.69, 9.17) is 9.47 Å². The van der Waals surface area contributed by atoms with Crippen molar-refractivity contribution in [3.05, 3.63) is 0 Å². The fourth-order valence-corrected chi connectivity index (χ4v) is 2.46. The largest absolute Gasteiger partial charge is 0.460 e. The van der Waals surface area contributed by atoms with E-state index in [1.54, 1.807) is 0 Å². The molecule has 1 fully saturated rings. The summed E-state index contributed by atoms with van der Waals surface area (Å²) in [6, 6.07) is 0. The molecule has 1 rings (SSSR count). The fourth-order valence-electron chi connectivity index (χ4n) is 2.46. The van der Waals surface area contributed by atoms with E-state index in [1.165, 1.54) is 0 Å². The van der Waals surface area contributed by atoms with Gasteiger partial charge in [0, 0.05) is 19.6 Å². The second kappa shape index (κ2) is 8.99. The van der Waals surface area contributed by atoms with E-state index in [2.05, 4.69) is 0 Å². The fraction of sp³-hybridized carbons (Fsp3) is 1.00. The summed E-state index contributed by atoms with van der Waals surface area (Å²) in [5.74, 6) is -18.8. The van der Waals surface area contributed by atoms with Crippen molar-refractivity contribution in [2.24, 2.45) is 0 Å². The summed E-state index contributed by atoms with van der Waals surface area (Å²) in [7, 11) is 0. The molecule has 1 heterocycles. The Morgan fingerprint density at radius 3 is 1.96 bits per heavy atom. The predicted octanol–water partition coefficient (Wildman–Crippen LogP) is 5.60. The summed E-state index contributed by atoms with van der Waals surface area (Å²) in [6.45, 7) is 1.34. The molecule has 0 radical (unpaired) electrons. The van der Waals surface area contributed by atoms with Crippen LogP contribution in [0, 0.1) is 0 Å². The Balaban J connectivity index is 2.27. The van der Waals surface area contributed by atoms with Gasteiger partial charge in [0.15, 0.2) is 0 Å². The van der Waals surface area contributed by atoms with Crippen LogP contribution in [0.15, 0.2) is 0 Å². The molecule has 1 saturated heterocycles. The minimum atomic E-state index is -6.81. The van der Waals surface area contributed by atoms with Crippen LogP contribution < -0.4 is 0 Å². The monoisotopic (exact) mass is 404 g/mol. The van der Waals surface area contributed by atoms with Crippen LogP contribution >= 0.6 is 0 Å². The van der Waals surface area contributed by atoms with E-state index in [1.807, 2.05) is 0 Å². The molecule has 0 bridgehead atoms. The average Bonchev–Trinajstić information content (AvgIpc) is 3.01. The van der Waals surface area contributed by atoms with E-state index >= 15 is 0 Å². The summed E-state index contributed by atoms with van der Waals surface area (Å²) in [6.07, 6.45) is -6.59. The lowest BCUT2D eigenvalue weighted by atomic mass is 9.98. The van der Waals surface area contributed by atoms with Crippen molar-refractivity contribution >= 4 is 0 Å². The lowest BCUT2D eigenvalue weighted by molar-refractivity contribution is -0.396. The van der Waals surface area contributed by atoms with E-state index in [0.29, 0.717) is 32.7 Å². The molecule has 2 nitrogen and oxygen atoms in total. The average molecular weight is 404 g/mol. The lowest BCUT2D eigenvalue weighted by Gasteiger charge is -2.33. The second-order valence-electron chi connectivity index (χ2n) is 6.23. The molecule has 0 aromatic rings. The molecule has 0 saturated carbocycles. The molecule has 0 N–H and O–H groups in total. The van der Waals surface area contributed by atoms with Gasteiger partial charge < -0.3 is 9.47 Å². The first-order chi connectivity index (χ1) is 11.8. The van der Waals surface area contributed by atoms with Gasteiger partial charge in [0.05, 0.1) is 12.7 Å². The van der Waals surface area contributed by atoms with Crippen molar-refractivity contribution in [3.63, 3.8) is 0 Å². The van der Waals surface area contributed by atoms with Crippen molar-refractivity contribution in [2.75, 3.05) is 19.8 Å². The van der Waals surface area contributed by atoms with Gasteiger partial charge in [-0.05, 0) is 25.7 Å². The van der Waals surface area contributed by atoms with Gasteiger partial charge in [0.1, 0.15) is 0 Å². The highest BCUT2D eigenvalue weighted by molar-refractivity contribution is 5.00. The molecular weight excluding hydrogens is 383 g/mol. The van der Waals surface area contributed by atoms with Gasteiger partial charge in [-0.25, -0.2) is 0 Å². The minimum absolute atomic E-state index is 0.0197. The van der Waals surface area contributed by atoms with Crippen molar-refractivity contribution in [2.45, 2.75) is 75.0 Å². The van der Waals surface area contributed by atoms with Crippen LogP contribution in [0.2, 0.25) is 0 Å². The van der Waals surface area contributed by atoms with E-state index in [0.717, 1.165) is 12.8 Å². The van der Waals surface area contributed by atoms with Crippen molar-refractivity contribution < 1.29 is 49.0 Å². The summed E-state index contributed by atoms with van der Waals surface area (Å²) >= 11 is 0. The topological polar surface area (TPSA) is 18.5 Å². The molecule has 1 aliphatic heterocycles. The Kier molecular flexibility index (Phi) is 8.06. The summed E-state index contributed by atoms with van der Waals surface area (Å²) < 4.78 is 124. The zero-order valence-electron chi connectivity index (χ0n) is 13.9. The molecule has 0 spiro atoms. The third kappa shape index (κ3) is 5.64. The van der Waals surface area contributed by atoms with Crippen LogP contribution in [0.1, 0.15) is 44.9 Å². The van der Waals surface area contributed by atoms with Crippen LogP contribution in [-0.2, 0) is 9.47 Å². The quantitative estimate of drug-likeness (QED) is 0.330. The van der Waals surface area contributed by atoms with Crippen molar-refractivity contribution in [3.8, 4) is 0 Å². The van der Waals surface area contributed by atoms with E-state index < -0.39 is 36.8 Å². The number of rotatable bonds is 11. The van der Waals surface area contributed by atoms with Gasteiger partial charge in [-0.2, -0.15) is 39.5 Å². The first-order valence-corrected chi connectivity index (χ1v) is 8.22. The normalized spacial score (nSPS) is 20.0. The van der Waals surface area contributed by atoms with Gasteiger partial charge in [0.2, 0.25) is 0 Å². The molecule has 0 aliphatic carbocycles. The molecule has 0 amide bonds. The first kappa shape index (κ1) is 23.3. The first-order valence-electron chi connectivity index (χ1n) is 8.22. The van der Waals surface area contributed by atoms with Gasteiger partial charge in [-0.3, -0.25) is 0 Å².